The summed E-state index contributed by atoms with van der Waals surface area (Å²) in [4.78, 5) is 11.3. The molecule has 25 heavy (non-hydrogen) atoms. The number of fused-ring (bicyclic) bond motifs is 1. The van der Waals surface area contributed by atoms with Crippen molar-refractivity contribution >= 4 is 23.5 Å². The van der Waals surface area contributed by atoms with Crippen LogP contribution in [0.4, 0.5) is 17.6 Å². The van der Waals surface area contributed by atoms with Crippen molar-refractivity contribution in [3.63, 3.8) is 0 Å². The van der Waals surface area contributed by atoms with Crippen molar-refractivity contribution in [2.45, 2.75) is 11.8 Å². The van der Waals surface area contributed by atoms with E-state index in [2.05, 4.69) is 0 Å². The Morgan fingerprint density at radius 1 is 1.04 bits per heavy atom. The lowest BCUT2D eigenvalue weighted by atomic mass is 10.1. The van der Waals surface area contributed by atoms with E-state index in [1.807, 2.05) is 0 Å². The first-order valence-electron chi connectivity index (χ1n) is 7.14. The Morgan fingerprint density at radius 3 is 2.32 bits per heavy atom. The van der Waals surface area contributed by atoms with Gasteiger partial charge in [0.25, 0.3) is 0 Å². The van der Waals surface area contributed by atoms with Crippen molar-refractivity contribution in [3.05, 3.63) is 64.1 Å². The minimum atomic E-state index is -1.98. The summed E-state index contributed by atoms with van der Waals surface area (Å²) in [6.07, 6.45) is 0. The highest BCUT2D eigenvalue weighted by atomic mass is 32.2. The van der Waals surface area contributed by atoms with E-state index in [0.29, 0.717) is 17.3 Å². The third-order valence-electron chi connectivity index (χ3n) is 3.29. The van der Waals surface area contributed by atoms with E-state index in [4.69, 9.17) is 9.47 Å². The van der Waals surface area contributed by atoms with Crippen molar-refractivity contribution in [1.82, 2.24) is 0 Å². The van der Waals surface area contributed by atoms with Gasteiger partial charge in [-0.15, -0.1) is 0 Å². The standard InChI is InChI=1S/C17H10F4O3S/c1-2-23-17(22)16-13(8-6-4-3-5-7-8)24-14-11(20)9(18)10(19)12(21)15(14)25-16/h3-7H,2H2,1H3. The van der Waals surface area contributed by atoms with Crippen LogP contribution in [0.1, 0.15) is 12.5 Å². The number of benzene rings is 2. The van der Waals surface area contributed by atoms with E-state index in [1.165, 1.54) is 0 Å². The Bertz CT molecular complexity index is 881. The number of thioether (sulfide) groups is 1. The molecule has 130 valence electrons. The molecule has 0 saturated heterocycles. The Labute approximate surface area is 144 Å². The van der Waals surface area contributed by atoms with Crippen LogP contribution in [0.5, 0.6) is 5.75 Å². The summed E-state index contributed by atoms with van der Waals surface area (Å²) in [6, 6.07) is 8.10. The molecule has 3 rings (SSSR count). The zero-order chi connectivity index (χ0) is 18.1. The number of carbonyl (C=O) groups is 1. The molecule has 0 aliphatic carbocycles. The van der Waals surface area contributed by atoms with Gasteiger partial charge in [0.05, 0.1) is 11.5 Å². The summed E-state index contributed by atoms with van der Waals surface area (Å²) in [7, 11) is 0. The van der Waals surface area contributed by atoms with E-state index in [-0.39, 0.29) is 17.3 Å². The lowest BCUT2D eigenvalue weighted by Gasteiger charge is -2.23. The van der Waals surface area contributed by atoms with Gasteiger partial charge in [-0.05, 0) is 6.92 Å². The average molecular weight is 370 g/mol. The molecule has 3 nitrogen and oxygen atoms in total. The number of hydrogen-bond donors (Lipinski definition) is 0. The SMILES string of the molecule is CCOC(=O)C1=C(c2ccccc2)Oc2c(F)c(F)c(F)c(F)c2S1. The number of halogens is 4. The molecule has 0 atom stereocenters. The predicted octanol–water partition coefficient (Wildman–Crippen LogP) is 4.66. The number of carbonyl (C=O) groups excluding carboxylic acids is 1. The van der Waals surface area contributed by atoms with E-state index in [1.54, 1.807) is 37.3 Å². The van der Waals surface area contributed by atoms with Crippen molar-refractivity contribution in [1.29, 1.82) is 0 Å². The predicted molar refractivity (Wildman–Crippen MR) is 82.8 cm³/mol. The Balaban J connectivity index is 2.20. The molecule has 0 radical (unpaired) electrons. The van der Waals surface area contributed by atoms with Gasteiger partial charge in [-0.3, -0.25) is 0 Å². The van der Waals surface area contributed by atoms with E-state index >= 15 is 0 Å². The van der Waals surface area contributed by atoms with E-state index < -0.39 is 39.9 Å². The molecule has 0 unspecified atom stereocenters. The van der Waals surface area contributed by atoms with Gasteiger partial charge < -0.3 is 9.47 Å². The molecular weight excluding hydrogens is 360 g/mol. The highest BCUT2D eigenvalue weighted by Crippen LogP contribution is 2.48. The molecule has 0 amide bonds. The zero-order valence-corrected chi connectivity index (χ0v) is 13.6. The maximum Gasteiger partial charge on any atom is 0.348 e. The lowest BCUT2D eigenvalue weighted by Crippen LogP contribution is -2.16. The van der Waals surface area contributed by atoms with Crippen molar-refractivity contribution in [2.24, 2.45) is 0 Å². The molecule has 8 heteroatoms. The molecule has 2 aromatic rings. The smallest absolute Gasteiger partial charge is 0.348 e. The monoisotopic (exact) mass is 370 g/mol. The first-order valence-corrected chi connectivity index (χ1v) is 7.95. The van der Waals surface area contributed by atoms with Gasteiger partial charge in [0.15, 0.2) is 23.1 Å². The number of rotatable bonds is 3. The van der Waals surface area contributed by atoms with Gasteiger partial charge in [0, 0.05) is 5.56 Å². The molecule has 0 bridgehead atoms. The minimum absolute atomic E-state index is 0.0342. The molecule has 0 spiro atoms. The van der Waals surface area contributed by atoms with Gasteiger partial charge in [-0.25, -0.2) is 18.0 Å². The van der Waals surface area contributed by atoms with Gasteiger partial charge >= 0.3 is 5.97 Å². The molecule has 1 heterocycles. The van der Waals surface area contributed by atoms with Crippen molar-refractivity contribution in [2.75, 3.05) is 6.61 Å². The van der Waals surface area contributed by atoms with Crippen LogP contribution in [-0.2, 0) is 9.53 Å². The highest BCUT2D eigenvalue weighted by molar-refractivity contribution is 8.04. The van der Waals surface area contributed by atoms with E-state index in [0.717, 1.165) is 0 Å². The maximum absolute atomic E-state index is 14.0. The molecular formula is C17H10F4O3S. The fourth-order valence-corrected chi connectivity index (χ4v) is 3.18. The number of hydrogen-bond acceptors (Lipinski definition) is 4. The van der Waals surface area contributed by atoms with Crippen LogP contribution in [0.2, 0.25) is 0 Å². The van der Waals surface area contributed by atoms with Gasteiger partial charge in [-0.2, -0.15) is 4.39 Å². The fraction of sp³-hybridized carbons (Fsp3) is 0.118. The van der Waals surface area contributed by atoms with Gasteiger partial charge in [0.1, 0.15) is 4.91 Å². The second-order valence-corrected chi connectivity index (χ2v) is 5.88. The molecule has 0 N–H and O–H groups in total. The van der Waals surface area contributed by atoms with Gasteiger partial charge in [0.2, 0.25) is 11.6 Å². The van der Waals surface area contributed by atoms with Gasteiger partial charge in [-0.1, -0.05) is 42.1 Å². The third-order valence-corrected chi connectivity index (χ3v) is 4.42. The van der Waals surface area contributed by atoms with Crippen molar-refractivity contribution < 1.29 is 31.8 Å². The highest BCUT2D eigenvalue weighted by Gasteiger charge is 2.35. The Kier molecular flexibility index (Phi) is 4.71. The summed E-state index contributed by atoms with van der Waals surface area (Å²) < 4.78 is 65.2. The number of esters is 1. The lowest BCUT2D eigenvalue weighted by molar-refractivity contribution is -0.137. The van der Waals surface area contributed by atoms with Crippen LogP contribution >= 0.6 is 11.8 Å². The summed E-state index contributed by atoms with van der Waals surface area (Å²) in [5.41, 5.74) is 0.369. The largest absolute Gasteiger partial charge is 0.462 e. The van der Waals surface area contributed by atoms with Crippen molar-refractivity contribution in [3.8, 4) is 5.75 Å². The maximum atomic E-state index is 14.0. The fourth-order valence-electron chi connectivity index (χ4n) is 2.18. The summed E-state index contributed by atoms with van der Waals surface area (Å²) >= 11 is 0.430. The first kappa shape index (κ1) is 17.3. The van der Waals surface area contributed by atoms with Crippen LogP contribution in [0.15, 0.2) is 40.1 Å². The Hall–Kier alpha value is -2.48. The van der Waals surface area contributed by atoms with E-state index in [9.17, 15) is 22.4 Å². The second kappa shape index (κ2) is 6.79. The first-order chi connectivity index (χ1) is 12.0. The summed E-state index contributed by atoms with van der Waals surface area (Å²) in [6.45, 7) is 1.60. The quantitative estimate of drug-likeness (QED) is 0.341. The number of ether oxygens (including phenoxy) is 2. The molecule has 0 fully saturated rings. The minimum Gasteiger partial charge on any atom is -0.462 e. The van der Waals surface area contributed by atoms with Crippen LogP contribution < -0.4 is 4.74 Å². The molecule has 1 aliphatic rings. The average Bonchev–Trinajstić information content (AvgIpc) is 2.64. The summed E-state index contributed by atoms with van der Waals surface area (Å²) in [5.74, 6) is -9.04. The second-order valence-electron chi connectivity index (χ2n) is 4.86. The summed E-state index contributed by atoms with van der Waals surface area (Å²) in [5, 5.41) is 0. The van der Waals surface area contributed by atoms with Crippen LogP contribution in [-0.4, -0.2) is 12.6 Å². The zero-order valence-electron chi connectivity index (χ0n) is 12.7. The van der Waals surface area contributed by atoms with Crippen LogP contribution in [0.25, 0.3) is 5.76 Å². The third kappa shape index (κ3) is 2.97. The van der Waals surface area contributed by atoms with Crippen LogP contribution in [0.3, 0.4) is 0 Å². The molecule has 0 saturated carbocycles. The molecule has 1 aliphatic heterocycles. The molecule has 0 aromatic heterocycles. The Morgan fingerprint density at radius 2 is 1.68 bits per heavy atom. The van der Waals surface area contributed by atoms with Crippen LogP contribution in [0, 0.1) is 23.3 Å². The topological polar surface area (TPSA) is 35.5 Å². The molecule has 2 aromatic carbocycles. The normalized spacial score (nSPS) is 13.3.